The number of hydrogen-bond donors (Lipinski definition) is 2. The van der Waals surface area contributed by atoms with Crippen LogP contribution in [-0.4, -0.2) is 17.9 Å². The number of rotatable bonds is 6. The highest BCUT2D eigenvalue weighted by atomic mass is 16.5. The molecule has 132 valence electrons. The molecule has 2 N–H and O–H groups in total. The number of aryl methyl sites for hydroxylation is 1. The van der Waals surface area contributed by atoms with E-state index >= 15 is 0 Å². The Balaban J connectivity index is 1.97. The van der Waals surface area contributed by atoms with Gasteiger partial charge in [-0.25, -0.2) is 0 Å². The topological polar surface area (TPSA) is 67.4 Å². The summed E-state index contributed by atoms with van der Waals surface area (Å²) in [7, 11) is 0. The maximum atomic E-state index is 12.3. The molecule has 2 amide bonds. The summed E-state index contributed by atoms with van der Waals surface area (Å²) in [6.45, 7) is 7.33. The fraction of sp³-hybridized carbons (Fsp3) is 0.300. The molecular weight excluding hydrogens is 316 g/mol. The van der Waals surface area contributed by atoms with Gasteiger partial charge in [0.15, 0.2) is 6.10 Å². The van der Waals surface area contributed by atoms with E-state index in [1.54, 1.807) is 31.2 Å². The second-order valence-corrected chi connectivity index (χ2v) is 6.29. The second-order valence-electron chi connectivity index (χ2n) is 6.29. The van der Waals surface area contributed by atoms with Crippen LogP contribution in [0.25, 0.3) is 0 Å². The van der Waals surface area contributed by atoms with Gasteiger partial charge in [0.1, 0.15) is 5.75 Å². The number of carbonyl (C=O) groups is 2. The molecule has 0 saturated heterocycles. The Morgan fingerprint density at radius 1 is 0.880 bits per heavy atom. The average Bonchev–Trinajstić information content (AvgIpc) is 2.57. The summed E-state index contributed by atoms with van der Waals surface area (Å²) in [5.41, 5.74) is 2.37. The van der Waals surface area contributed by atoms with Gasteiger partial charge in [0, 0.05) is 17.3 Å². The van der Waals surface area contributed by atoms with E-state index in [4.69, 9.17) is 4.74 Å². The normalized spacial score (nSPS) is 11.7. The Morgan fingerprint density at radius 3 is 2.00 bits per heavy atom. The van der Waals surface area contributed by atoms with Crippen LogP contribution in [0.2, 0.25) is 0 Å². The summed E-state index contributed by atoms with van der Waals surface area (Å²) < 4.78 is 5.65. The van der Waals surface area contributed by atoms with E-state index in [-0.39, 0.29) is 17.7 Å². The molecule has 25 heavy (non-hydrogen) atoms. The van der Waals surface area contributed by atoms with Crippen molar-refractivity contribution in [1.29, 1.82) is 0 Å². The van der Waals surface area contributed by atoms with E-state index in [0.717, 1.165) is 5.56 Å². The fourth-order valence-electron chi connectivity index (χ4n) is 2.08. The van der Waals surface area contributed by atoms with Crippen molar-refractivity contribution in [2.24, 2.45) is 5.92 Å². The summed E-state index contributed by atoms with van der Waals surface area (Å²) in [4.78, 5) is 24.1. The number of ether oxygens (including phenoxy) is 1. The largest absolute Gasteiger partial charge is 0.481 e. The molecule has 5 heteroatoms. The molecular formula is C20H24N2O3. The SMILES string of the molecule is Cc1ccc(OC(C)C(=O)Nc2cccc(NC(=O)C(C)C)c2)cc1. The predicted molar refractivity (Wildman–Crippen MR) is 99.8 cm³/mol. The zero-order valence-corrected chi connectivity index (χ0v) is 15.0. The van der Waals surface area contributed by atoms with Crippen molar-refractivity contribution < 1.29 is 14.3 Å². The summed E-state index contributed by atoms with van der Waals surface area (Å²) in [6.07, 6.45) is -0.642. The highest BCUT2D eigenvalue weighted by Crippen LogP contribution is 2.18. The van der Waals surface area contributed by atoms with Crippen molar-refractivity contribution in [3.8, 4) is 5.75 Å². The lowest BCUT2D eigenvalue weighted by Crippen LogP contribution is -2.30. The lowest BCUT2D eigenvalue weighted by Gasteiger charge is -2.15. The molecule has 2 aromatic rings. The van der Waals surface area contributed by atoms with Gasteiger partial charge in [0.25, 0.3) is 5.91 Å². The van der Waals surface area contributed by atoms with Crippen LogP contribution in [-0.2, 0) is 9.59 Å². The molecule has 0 spiro atoms. The minimum absolute atomic E-state index is 0.0699. The second kappa shape index (κ2) is 8.33. The minimum Gasteiger partial charge on any atom is -0.481 e. The zero-order valence-electron chi connectivity index (χ0n) is 15.0. The smallest absolute Gasteiger partial charge is 0.265 e. The monoisotopic (exact) mass is 340 g/mol. The molecule has 2 rings (SSSR count). The predicted octanol–water partition coefficient (Wildman–Crippen LogP) is 4.00. The van der Waals surface area contributed by atoms with Gasteiger partial charge >= 0.3 is 0 Å². The van der Waals surface area contributed by atoms with Crippen LogP contribution in [0.4, 0.5) is 11.4 Å². The van der Waals surface area contributed by atoms with E-state index in [0.29, 0.717) is 17.1 Å². The van der Waals surface area contributed by atoms with Crippen molar-refractivity contribution >= 4 is 23.2 Å². The van der Waals surface area contributed by atoms with Crippen LogP contribution in [0.5, 0.6) is 5.75 Å². The van der Waals surface area contributed by atoms with Gasteiger partial charge in [0.05, 0.1) is 0 Å². The maximum absolute atomic E-state index is 12.3. The Hall–Kier alpha value is -2.82. The standard InChI is InChI=1S/C20H24N2O3/c1-13(2)19(23)21-16-6-5-7-17(12-16)22-20(24)15(4)25-18-10-8-14(3)9-11-18/h5-13,15H,1-4H3,(H,21,23)(H,22,24). The summed E-state index contributed by atoms with van der Waals surface area (Å²) in [6, 6.07) is 14.6. The molecule has 0 aliphatic heterocycles. The van der Waals surface area contributed by atoms with Gasteiger partial charge in [-0.2, -0.15) is 0 Å². The first kappa shape index (κ1) is 18.5. The highest BCUT2D eigenvalue weighted by molar-refractivity contribution is 5.96. The number of hydrogen-bond acceptors (Lipinski definition) is 3. The van der Waals surface area contributed by atoms with Crippen LogP contribution in [0, 0.1) is 12.8 Å². The number of anilines is 2. The quantitative estimate of drug-likeness (QED) is 0.835. The third-order valence-electron chi connectivity index (χ3n) is 3.63. The molecule has 1 unspecified atom stereocenters. The molecule has 0 fully saturated rings. The van der Waals surface area contributed by atoms with Gasteiger partial charge in [-0.1, -0.05) is 37.6 Å². The van der Waals surface area contributed by atoms with Crippen LogP contribution in [0.15, 0.2) is 48.5 Å². The van der Waals surface area contributed by atoms with E-state index in [1.165, 1.54) is 0 Å². The van der Waals surface area contributed by atoms with E-state index in [2.05, 4.69) is 10.6 Å². The zero-order chi connectivity index (χ0) is 18.4. The molecule has 0 saturated carbocycles. The molecule has 0 aliphatic rings. The van der Waals surface area contributed by atoms with Gasteiger partial charge in [-0.15, -0.1) is 0 Å². The number of nitrogens with one attached hydrogen (secondary N) is 2. The number of amides is 2. The molecule has 0 radical (unpaired) electrons. The van der Waals surface area contributed by atoms with Gasteiger partial charge in [-0.3, -0.25) is 9.59 Å². The molecule has 1 atom stereocenters. The molecule has 0 bridgehead atoms. The minimum atomic E-state index is -0.642. The van der Waals surface area contributed by atoms with Crippen molar-refractivity contribution in [2.45, 2.75) is 33.8 Å². The Morgan fingerprint density at radius 2 is 1.44 bits per heavy atom. The molecule has 0 heterocycles. The van der Waals surface area contributed by atoms with Crippen LogP contribution in [0.1, 0.15) is 26.3 Å². The third kappa shape index (κ3) is 5.64. The highest BCUT2D eigenvalue weighted by Gasteiger charge is 2.15. The maximum Gasteiger partial charge on any atom is 0.265 e. The first-order valence-corrected chi connectivity index (χ1v) is 8.30. The Labute approximate surface area is 148 Å². The summed E-state index contributed by atoms with van der Waals surface area (Å²) in [5.74, 6) is 0.208. The first-order chi connectivity index (χ1) is 11.8. The Bertz CT molecular complexity index is 739. The first-order valence-electron chi connectivity index (χ1n) is 8.30. The molecule has 5 nitrogen and oxygen atoms in total. The summed E-state index contributed by atoms with van der Waals surface area (Å²) in [5, 5.41) is 5.61. The van der Waals surface area contributed by atoms with Gasteiger partial charge < -0.3 is 15.4 Å². The van der Waals surface area contributed by atoms with Crippen molar-refractivity contribution in [1.82, 2.24) is 0 Å². The molecule has 2 aromatic carbocycles. The van der Waals surface area contributed by atoms with E-state index < -0.39 is 6.10 Å². The fourth-order valence-corrected chi connectivity index (χ4v) is 2.08. The van der Waals surface area contributed by atoms with Crippen molar-refractivity contribution in [2.75, 3.05) is 10.6 Å². The van der Waals surface area contributed by atoms with E-state index in [1.807, 2.05) is 45.0 Å². The average molecular weight is 340 g/mol. The third-order valence-corrected chi connectivity index (χ3v) is 3.63. The van der Waals surface area contributed by atoms with Crippen molar-refractivity contribution in [3.63, 3.8) is 0 Å². The number of carbonyl (C=O) groups excluding carboxylic acids is 2. The van der Waals surface area contributed by atoms with Crippen LogP contribution >= 0.6 is 0 Å². The summed E-state index contributed by atoms with van der Waals surface area (Å²) >= 11 is 0. The number of benzene rings is 2. The van der Waals surface area contributed by atoms with Gasteiger partial charge in [-0.05, 0) is 44.2 Å². The van der Waals surface area contributed by atoms with Crippen LogP contribution in [0.3, 0.4) is 0 Å². The van der Waals surface area contributed by atoms with Crippen LogP contribution < -0.4 is 15.4 Å². The van der Waals surface area contributed by atoms with Gasteiger partial charge in [0.2, 0.25) is 5.91 Å². The molecule has 0 aliphatic carbocycles. The van der Waals surface area contributed by atoms with E-state index in [9.17, 15) is 9.59 Å². The molecule has 0 aromatic heterocycles. The lowest BCUT2D eigenvalue weighted by atomic mass is 10.2. The van der Waals surface area contributed by atoms with Crippen molar-refractivity contribution in [3.05, 3.63) is 54.1 Å². The lowest BCUT2D eigenvalue weighted by molar-refractivity contribution is -0.122. The Kier molecular flexibility index (Phi) is 6.17.